The third kappa shape index (κ3) is 3.87. The molecule has 0 fully saturated rings. The second-order valence-corrected chi connectivity index (χ2v) is 4.65. The first-order valence-electron chi connectivity index (χ1n) is 6.19. The van der Waals surface area contributed by atoms with Crippen LogP contribution in [0.5, 0.6) is 5.75 Å². The first kappa shape index (κ1) is 13.2. The molecule has 0 aliphatic rings. The number of benzene rings is 1. The Kier molecular flexibility index (Phi) is 4.22. The van der Waals surface area contributed by atoms with Gasteiger partial charge in [-0.3, -0.25) is 4.79 Å². The second kappa shape index (κ2) is 6.08. The molecule has 0 saturated heterocycles. The zero-order valence-electron chi connectivity index (χ0n) is 11.0. The van der Waals surface area contributed by atoms with Crippen LogP contribution in [0.2, 0.25) is 0 Å². The van der Waals surface area contributed by atoms with Crippen molar-refractivity contribution in [1.29, 1.82) is 0 Å². The number of esters is 1. The van der Waals surface area contributed by atoms with E-state index in [2.05, 4.69) is 29.4 Å². The van der Waals surface area contributed by atoms with Crippen LogP contribution in [-0.4, -0.2) is 26.2 Å². The molecule has 100 valence electrons. The molecule has 2 rings (SSSR count). The third-order valence-corrected chi connectivity index (χ3v) is 2.61. The van der Waals surface area contributed by atoms with Gasteiger partial charge in [0.25, 0.3) is 0 Å². The fourth-order valence-corrected chi connectivity index (χ4v) is 1.54. The molecule has 0 aliphatic heterocycles. The minimum absolute atomic E-state index is 0.205. The molecule has 1 heterocycles. The van der Waals surface area contributed by atoms with Crippen LogP contribution in [0, 0.1) is 5.92 Å². The van der Waals surface area contributed by atoms with Crippen molar-refractivity contribution in [3.63, 3.8) is 0 Å². The van der Waals surface area contributed by atoms with Gasteiger partial charge < -0.3 is 4.74 Å². The molecule has 0 aliphatic carbocycles. The zero-order valence-corrected chi connectivity index (χ0v) is 11.0. The molecule has 0 N–H and O–H groups in total. The maximum Gasteiger partial charge on any atom is 0.311 e. The molecule has 0 radical (unpaired) electrons. The Morgan fingerprint density at radius 1 is 1.32 bits per heavy atom. The molecule has 0 bridgehead atoms. The summed E-state index contributed by atoms with van der Waals surface area (Å²) in [6, 6.07) is 7.04. The van der Waals surface area contributed by atoms with E-state index in [1.54, 1.807) is 24.3 Å². The number of tetrazole rings is 1. The zero-order chi connectivity index (χ0) is 13.7. The molecule has 2 aromatic rings. The second-order valence-electron chi connectivity index (χ2n) is 4.65. The Labute approximate surface area is 111 Å². The summed E-state index contributed by atoms with van der Waals surface area (Å²) in [5.74, 6) is 0.823. The fraction of sp³-hybridized carbons (Fsp3) is 0.385. The van der Waals surface area contributed by atoms with Crippen LogP contribution in [0.25, 0.3) is 5.69 Å². The molecular weight excluding hydrogens is 244 g/mol. The van der Waals surface area contributed by atoms with Crippen LogP contribution in [0.3, 0.4) is 0 Å². The lowest BCUT2D eigenvalue weighted by Crippen LogP contribution is -2.09. The highest BCUT2D eigenvalue weighted by molar-refractivity contribution is 5.72. The van der Waals surface area contributed by atoms with Gasteiger partial charge in [0.15, 0.2) is 0 Å². The normalized spacial score (nSPS) is 10.7. The van der Waals surface area contributed by atoms with Gasteiger partial charge in [0.2, 0.25) is 0 Å². The summed E-state index contributed by atoms with van der Waals surface area (Å²) in [6.45, 7) is 4.16. The van der Waals surface area contributed by atoms with Crippen LogP contribution in [-0.2, 0) is 4.79 Å². The van der Waals surface area contributed by atoms with Crippen molar-refractivity contribution in [1.82, 2.24) is 20.2 Å². The van der Waals surface area contributed by atoms with Crippen molar-refractivity contribution in [2.24, 2.45) is 5.92 Å². The smallest absolute Gasteiger partial charge is 0.311 e. The Hall–Kier alpha value is -2.24. The summed E-state index contributed by atoms with van der Waals surface area (Å²) >= 11 is 0. The number of carbonyl (C=O) groups is 1. The van der Waals surface area contributed by atoms with Gasteiger partial charge in [0.1, 0.15) is 12.1 Å². The average Bonchev–Trinajstić information content (AvgIpc) is 2.91. The highest BCUT2D eigenvalue weighted by Gasteiger charge is 2.06. The van der Waals surface area contributed by atoms with Gasteiger partial charge in [-0.1, -0.05) is 13.8 Å². The van der Waals surface area contributed by atoms with E-state index in [0.717, 1.165) is 12.1 Å². The Morgan fingerprint density at radius 3 is 2.63 bits per heavy atom. The molecule has 0 atom stereocenters. The van der Waals surface area contributed by atoms with Crippen molar-refractivity contribution in [3.8, 4) is 11.4 Å². The van der Waals surface area contributed by atoms with Crippen molar-refractivity contribution in [3.05, 3.63) is 30.6 Å². The quantitative estimate of drug-likeness (QED) is 0.607. The summed E-state index contributed by atoms with van der Waals surface area (Å²) in [4.78, 5) is 11.6. The van der Waals surface area contributed by atoms with E-state index >= 15 is 0 Å². The van der Waals surface area contributed by atoms with Crippen LogP contribution < -0.4 is 4.74 Å². The number of hydrogen-bond donors (Lipinski definition) is 0. The minimum Gasteiger partial charge on any atom is -0.427 e. The number of hydrogen-bond acceptors (Lipinski definition) is 5. The molecule has 1 aromatic heterocycles. The summed E-state index contributed by atoms with van der Waals surface area (Å²) in [6.07, 6.45) is 2.78. The summed E-state index contributed by atoms with van der Waals surface area (Å²) in [5.41, 5.74) is 0.812. The predicted octanol–water partition coefficient (Wildman–Crippen LogP) is 2.00. The fourth-order valence-electron chi connectivity index (χ4n) is 1.54. The van der Waals surface area contributed by atoms with E-state index in [1.165, 1.54) is 11.0 Å². The minimum atomic E-state index is -0.205. The van der Waals surface area contributed by atoms with Gasteiger partial charge in [0, 0.05) is 6.42 Å². The highest BCUT2D eigenvalue weighted by atomic mass is 16.5. The number of nitrogens with zero attached hydrogens (tertiary/aromatic N) is 4. The van der Waals surface area contributed by atoms with Gasteiger partial charge in [-0.05, 0) is 47.0 Å². The molecule has 0 spiro atoms. The Balaban J connectivity index is 1.94. The predicted molar refractivity (Wildman–Crippen MR) is 68.9 cm³/mol. The molecule has 19 heavy (non-hydrogen) atoms. The summed E-state index contributed by atoms with van der Waals surface area (Å²) in [7, 11) is 0. The van der Waals surface area contributed by atoms with Crippen molar-refractivity contribution in [2.45, 2.75) is 26.7 Å². The number of carbonyl (C=O) groups excluding carboxylic acids is 1. The van der Waals surface area contributed by atoms with Gasteiger partial charge in [0.05, 0.1) is 5.69 Å². The monoisotopic (exact) mass is 260 g/mol. The van der Waals surface area contributed by atoms with E-state index in [0.29, 0.717) is 18.1 Å². The van der Waals surface area contributed by atoms with Crippen molar-refractivity contribution < 1.29 is 9.53 Å². The number of ether oxygens (including phenoxy) is 1. The van der Waals surface area contributed by atoms with Gasteiger partial charge in [-0.2, -0.15) is 0 Å². The average molecular weight is 260 g/mol. The van der Waals surface area contributed by atoms with Crippen LogP contribution in [0.1, 0.15) is 26.7 Å². The number of rotatable bonds is 5. The summed E-state index contributed by atoms with van der Waals surface area (Å²) < 4.78 is 6.77. The van der Waals surface area contributed by atoms with Crippen LogP contribution in [0.4, 0.5) is 0 Å². The maximum absolute atomic E-state index is 11.6. The lowest BCUT2D eigenvalue weighted by molar-refractivity contribution is -0.134. The molecular formula is C13H16N4O2. The van der Waals surface area contributed by atoms with Crippen molar-refractivity contribution >= 4 is 5.97 Å². The van der Waals surface area contributed by atoms with Gasteiger partial charge in [-0.25, -0.2) is 4.68 Å². The van der Waals surface area contributed by atoms with Gasteiger partial charge >= 0.3 is 5.97 Å². The maximum atomic E-state index is 11.6. The number of aromatic nitrogens is 4. The van der Waals surface area contributed by atoms with E-state index in [-0.39, 0.29) is 5.97 Å². The Morgan fingerprint density at radius 2 is 2.05 bits per heavy atom. The highest BCUT2D eigenvalue weighted by Crippen LogP contribution is 2.15. The van der Waals surface area contributed by atoms with Crippen LogP contribution in [0.15, 0.2) is 30.6 Å². The van der Waals surface area contributed by atoms with E-state index in [9.17, 15) is 4.79 Å². The van der Waals surface area contributed by atoms with Crippen molar-refractivity contribution in [2.75, 3.05) is 0 Å². The van der Waals surface area contributed by atoms with Gasteiger partial charge in [-0.15, -0.1) is 5.10 Å². The van der Waals surface area contributed by atoms with E-state index in [1.807, 2.05) is 0 Å². The molecule has 0 saturated carbocycles. The lowest BCUT2D eigenvalue weighted by atomic mass is 10.1. The third-order valence-electron chi connectivity index (χ3n) is 2.61. The topological polar surface area (TPSA) is 69.9 Å². The molecule has 1 aromatic carbocycles. The molecule has 6 heteroatoms. The van der Waals surface area contributed by atoms with E-state index in [4.69, 9.17) is 4.74 Å². The van der Waals surface area contributed by atoms with E-state index < -0.39 is 0 Å². The molecule has 0 unspecified atom stereocenters. The molecule has 6 nitrogen and oxygen atoms in total. The largest absolute Gasteiger partial charge is 0.427 e. The first-order chi connectivity index (χ1) is 9.15. The molecule has 0 amide bonds. The SMILES string of the molecule is CC(C)CCC(=O)Oc1ccc(-n2cnnn2)cc1. The standard InChI is InChI=1S/C13H16N4O2/c1-10(2)3-8-13(18)19-12-6-4-11(5-7-12)17-9-14-15-16-17/h4-7,9-10H,3,8H2,1-2H3. The first-order valence-corrected chi connectivity index (χ1v) is 6.19. The lowest BCUT2D eigenvalue weighted by Gasteiger charge is -2.06. The summed E-state index contributed by atoms with van der Waals surface area (Å²) in [5, 5.41) is 10.9. The Bertz CT molecular complexity index is 520. The van der Waals surface area contributed by atoms with Crippen LogP contribution >= 0.6 is 0 Å².